The Hall–Kier alpha value is -2.56. The van der Waals surface area contributed by atoms with E-state index in [4.69, 9.17) is 0 Å². The Labute approximate surface area is 154 Å². The monoisotopic (exact) mass is 350 g/mol. The zero-order valence-electron chi connectivity index (χ0n) is 15.6. The largest absolute Gasteiger partial charge is 0.350 e. The molecule has 1 saturated heterocycles. The molecule has 3 heterocycles. The van der Waals surface area contributed by atoms with E-state index in [0.717, 1.165) is 43.9 Å². The van der Waals surface area contributed by atoms with Gasteiger partial charge in [-0.2, -0.15) is 0 Å². The van der Waals surface area contributed by atoms with E-state index in [-0.39, 0.29) is 5.91 Å². The van der Waals surface area contributed by atoms with E-state index < -0.39 is 0 Å². The highest BCUT2D eigenvalue weighted by atomic mass is 16.2. The number of hydrogen-bond donors (Lipinski definition) is 0. The van der Waals surface area contributed by atoms with Crippen molar-refractivity contribution in [2.75, 3.05) is 13.1 Å². The fraction of sp³-hybridized carbons (Fsp3) is 0.429. The van der Waals surface area contributed by atoms with Crippen LogP contribution in [0.25, 0.3) is 10.9 Å². The summed E-state index contributed by atoms with van der Waals surface area (Å²) in [6, 6.07) is 8.30. The number of aromatic nitrogens is 3. The Kier molecular flexibility index (Phi) is 4.53. The third kappa shape index (κ3) is 3.26. The van der Waals surface area contributed by atoms with E-state index in [2.05, 4.69) is 32.4 Å². The fourth-order valence-electron chi connectivity index (χ4n) is 4.08. The molecule has 0 unspecified atom stereocenters. The van der Waals surface area contributed by atoms with Gasteiger partial charge in [0.1, 0.15) is 5.82 Å². The second-order valence-electron chi connectivity index (χ2n) is 7.41. The van der Waals surface area contributed by atoms with Gasteiger partial charge in [-0.15, -0.1) is 0 Å². The van der Waals surface area contributed by atoms with E-state index in [1.807, 2.05) is 43.4 Å². The van der Waals surface area contributed by atoms with Crippen LogP contribution in [-0.2, 0) is 24.8 Å². The van der Waals surface area contributed by atoms with Gasteiger partial charge in [-0.1, -0.05) is 18.2 Å². The first-order valence-corrected chi connectivity index (χ1v) is 9.40. The highest BCUT2D eigenvalue weighted by Crippen LogP contribution is 2.23. The van der Waals surface area contributed by atoms with Crippen LogP contribution in [0.1, 0.15) is 24.2 Å². The third-order valence-corrected chi connectivity index (χ3v) is 5.67. The number of aryl methyl sites for hydroxylation is 2. The lowest BCUT2D eigenvalue weighted by Gasteiger charge is -2.32. The summed E-state index contributed by atoms with van der Waals surface area (Å²) in [5.41, 5.74) is 2.31. The highest BCUT2D eigenvalue weighted by Gasteiger charge is 2.24. The number of carbonyl (C=O) groups is 1. The molecular weight excluding hydrogens is 324 g/mol. The maximum atomic E-state index is 12.8. The van der Waals surface area contributed by atoms with Crippen LogP contribution >= 0.6 is 0 Å². The van der Waals surface area contributed by atoms with Crippen LogP contribution in [0.5, 0.6) is 0 Å². The molecule has 136 valence electrons. The second kappa shape index (κ2) is 6.98. The van der Waals surface area contributed by atoms with Gasteiger partial charge in [-0.25, -0.2) is 4.98 Å². The van der Waals surface area contributed by atoms with Gasteiger partial charge < -0.3 is 14.0 Å². The first-order chi connectivity index (χ1) is 12.6. The molecule has 2 aromatic heterocycles. The average Bonchev–Trinajstić information content (AvgIpc) is 3.19. The molecular formula is C21H26N4O. The zero-order valence-corrected chi connectivity index (χ0v) is 15.6. The van der Waals surface area contributed by atoms with Crippen molar-refractivity contribution >= 4 is 16.8 Å². The minimum atomic E-state index is 0.249. The number of benzene rings is 1. The Morgan fingerprint density at radius 3 is 2.73 bits per heavy atom. The van der Waals surface area contributed by atoms with Gasteiger partial charge in [0, 0.05) is 56.2 Å². The molecule has 1 amide bonds. The molecule has 0 spiro atoms. The molecule has 26 heavy (non-hydrogen) atoms. The van der Waals surface area contributed by atoms with E-state index in [1.54, 1.807) is 0 Å². The maximum Gasteiger partial charge on any atom is 0.227 e. The van der Waals surface area contributed by atoms with Crippen LogP contribution in [0, 0.1) is 12.8 Å². The quantitative estimate of drug-likeness (QED) is 0.725. The van der Waals surface area contributed by atoms with E-state index >= 15 is 0 Å². The molecule has 1 aliphatic rings. The van der Waals surface area contributed by atoms with Crippen LogP contribution in [0.3, 0.4) is 0 Å². The molecule has 0 atom stereocenters. The lowest BCUT2D eigenvalue weighted by atomic mass is 9.96. The molecule has 3 aromatic rings. The van der Waals surface area contributed by atoms with Gasteiger partial charge >= 0.3 is 0 Å². The van der Waals surface area contributed by atoms with E-state index in [0.29, 0.717) is 12.3 Å². The summed E-state index contributed by atoms with van der Waals surface area (Å²) in [7, 11) is 2.04. The molecule has 5 nitrogen and oxygen atoms in total. The molecule has 1 aromatic carbocycles. The fourth-order valence-corrected chi connectivity index (χ4v) is 4.08. The van der Waals surface area contributed by atoms with E-state index in [1.165, 1.54) is 10.9 Å². The summed E-state index contributed by atoms with van der Waals surface area (Å²) < 4.78 is 4.33. The number of imidazole rings is 1. The molecule has 5 heteroatoms. The predicted molar refractivity (Wildman–Crippen MR) is 103 cm³/mol. The second-order valence-corrected chi connectivity index (χ2v) is 7.41. The molecule has 1 fully saturated rings. The number of amides is 1. The summed E-state index contributed by atoms with van der Waals surface area (Å²) in [5.74, 6) is 1.95. The first kappa shape index (κ1) is 16.9. The molecule has 0 aliphatic carbocycles. The molecule has 0 bridgehead atoms. The standard InChI is InChI=1S/C21H26N4O/c1-16-22-9-12-25(16)14-17-7-10-24(11-8-17)21(26)13-18-15-23(2)20-6-4-3-5-19(18)20/h3-6,9,12,15,17H,7-8,10-11,13-14H2,1-2H3. The van der Waals surface area contributed by atoms with Gasteiger partial charge in [-0.05, 0) is 37.3 Å². The molecule has 1 aliphatic heterocycles. The third-order valence-electron chi connectivity index (χ3n) is 5.67. The lowest BCUT2D eigenvalue weighted by Crippen LogP contribution is -2.40. The molecule has 0 saturated carbocycles. The molecule has 0 N–H and O–H groups in total. The summed E-state index contributed by atoms with van der Waals surface area (Å²) >= 11 is 0. The van der Waals surface area contributed by atoms with Crippen molar-refractivity contribution < 1.29 is 4.79 Å². The van der Waals surface area contributed by atoms with Crippen molar-refractivity contribution in [2.24, 2.45) is 13.0 Å². The highest BCUT2D eigenvalue weighted by molar-refractivity contribution is 5.89. The summed E-state index contributed by atoms with van der Waals surface area (Å²) in [5, 5.41) is 1.19. The number of carbonyl (C=O) groups excluding carboxylic acids is 1. The number of likely N-dealkylation sites (tertiary alicyclic amines) is 1. The van der Waals surface area contributed by atoms with Gasteiger partial charge in [0.2, 0.25) is 5.91 Å². The number of piperidine rings is 1. The predicted octanol–water partition coefficient (Wildman–Crippen LogP) is 3.16. The minimum Gasteiger partial charge on any atom is -0.350 e. The summed E-state index contributed by atoms with van der Waals surface area (Å²) in [6.45, 7) is 4.78. The van der Waals surface area contributed by atoms with Crippen molar-refractivity contribution in [1.82, 2.24) is 19.0 Å². The van der Waals surface area contributed by atoms with Crippen molar-refractivity contribution in [3.63, 3.8) is 0 Å². The van der Waals surface area contributed by atoms with Crippen LogP contribution in [0.4, 0.5) is 0 Å². The van der Waals surface area contributed by atoms with Crippen molar-refractivity contribution in [3.8, 4) is 0 Å². The number of hydrogen-bond acceptors (Lipinski definition) is 2. The van der Waals surface area contributed by atoms with E-state index in [9.17, 15) is 4.79 Å². The average molecular weight is 350 g/mol. The molecule has 4 rings (SSSR count). The van der Waals surface area contributed by atoms with Gasteiger partial charge in [0.25, 0.3) is 0 Å². The van der Waals surface area contributed by atoms with Crippen molar-refractivity contribution in [1.29, 1.82) is 0 Å². The van der Waals surface area contributed by atoms with Gasteiger partial charge in [0.05, 0.1) is 6.42 Å². The summed E-state index contributed by atoms with van der Waals surface area (Å²) in [6.07, 6.45) is 8.63. The number of fused-ring (bicyclic) bond motifs is 1. The number of rotatable bonds is 4. The van der Waals surface area contributed by atoms with Crippen LogP contribution < -0.4 is 0 Å². The van der Waals surface area contributed by atoms with Crippen molar-refractivity contribution in [2.45, 2.75) is 32.7 Å². The Balaban J connectivity index is 1.37. The Morgan fingerprint density at radius 1 is 1.23 bits per heavy atom. The smallest absolute Gasteiger partial charge is 0.227 e. The maximum absolute atomic E-state index is 12.8. The lowest BCUT2D eigenvalue weighted by molar-refractivity contribution is -0.131. The zero-order chi connectivity index (χ0) is 18.1. The topological polar surface area (TPSA) is 43.1 Å². The Morgan fingerprint density at radius 2 is 2.00 bits per heavy atom. The molecule has 0 radical (unpaired) electrons. The number of nitrogens with zero attached hydrogens (tertiary/aromatic N) is 4. The van der Waals surface area contributed by atoms with Crippen LogP contribution in [-0.4, -0.2) is 38.0 Å². The van der Waals surface area contributed by atoms with Crippen molar-refractivity contribution in [3.05, 3.63) is 54.2 Å². The van der Waals surface area contributed by atoms with Crippen LogP contribution in [0.15, 0.2) is 42.9 Å². The SMILES string of the molecule is Cc1nccn1CC1CCN(C(=O)Cc2cn(C)c3ccccc23)CC1. The normalized spacial score (nSPS) is 15.7. The van der Waals surface area contributed by atoms with Gasteiger partial charge in [-0.3, -0.25) is 4.79 Å². The summed E-state index contributed by atoms with van der Waals surface area (Å²) in [4.78, 5) is 19.1. The minimum absolute atomic E-state index is 0.249. The van der Waals surface area contributed by atoms with Gasteiger partial charge in [0.15, 0.2) is 0 Å². The first-order valence-electron chi connectivity index (χ1n) is 9.40. The Bertz CT molecular complexity index is 915. The number of para-hydroxylation sites is 1. The van der Waals surface area contributed by atoms with Crippen LogP contribution in [0.2, 0.25) is 0 Å².